The van der Waals surface area contributed by atoms with Gasteiger partial charge in [-0.2, -0.15) is 0 Å². The molecule has 154 valence electrons. The molecule has 2 heterocycles. The first-order valence-electron chi connectivity index (χ1n) is 10.1. The molecule has 1 amide bonds. The Morgan fingerprint density at radius 1 is 1.16 bits per heavy atom. The highest BCUT2D eigenvalue weighted by Crippen LogP contribution is 2.19. The molecule has 2 aromatic carbocycles. The fourth-order valence-electron chi connectivity index (χ4n) is 3.41. The van der Waals surface area contributed by atoms with Crippen LogP contribution in [0.3, 0.4) is 0 Å². The van der Waals surface area contributed by atoms with Crippen LogP contribution in [0, 0.1) is 25.7 Å². The van der Waals surface area contributed by atoms with Gasteiger partial charge in [0, 0.05) is 35.6 Å². The summed E-state index contributed by atoms with van der Waals surface area (Å²) in [5.74, 6) is 7.38. The van der Waals surface area contributed by atoms with Crippen LogP contribution in [-0.4, -0.2) is 20.3 Å². The van der Waals surface area contributed by atoms with Crippen molar-refractivity contribution in [3.05, 3.63) is 88.6 Å². The number of imidazole rings is 1. The van der Waals surface area contributed by atoms with E-state index < -0.39 is 0 Å². The number of hydrogen-bond donors (Lipinski definition) is 2. The van der Waals surface area contributed by atoms with E-state index in [1.165, 1.54) is 0 Å². The molecule has 0 saturated heterocycles. The van der Waals surface area contributed by atoms with Crippen LogP contribution >= 0.6 is 0 Å². The number of nitrogens with two attached hydrogens (primary N) is 1. The van der Waals surface area contributed by atoms with E-state index in [1.807, 2.05) is 61.7 Å². The lowest BCUT2D eigenvalue weighted by molar-refractivity contribution is 0.102. The lowest BCUT2D eigenvalue weighted by Gasteiger charge is -2.07. The van der Waals surface area contributed by atoms with E-state index in [4.69, 9.17) is 5.73 Å². The Bertz CT molecular complexity index is 1360. The van der Waals surface area contributed by atoms with E-state index in [0.29, 0.717) is 22.6 Å². The quantitative estimate of drug-likeness (QED) is 0.498. The fraction of sp³-hybridized carbons (Fsp3) is 0.160. The van der Waals surface area contributed by atoms with Gasteiger partial charge in [-0.3, -0.25) is 9.20 Å². The van der Waals surface area contributed by atoms with E-state index in [-0.39, 0.29) is 5.91 Å². The largest absolute Gasteiger partial charge is 0.382 e. The molecule has 6 heteroatoms. The van der Waals surface area contributed by atoms with E-state index >= 15 is 0 Å². The Balaban J connectivity index is 1.68. The van der Waals surface area contributed by atoms with E-state index in [9.17, 15) is 4.79 Å². The summed E-state index contributed by atoms with van der Waals surface area (Å²) in [6.45, 7) is 5.98. The maximum absolute atomic E-state index is 12.7. The van der Waals surface area contributed by atoms with Crippen molar-refractivity contribution < 1.29 is 4.79 Å². The van der Waals surface area contributed by atoms with Crippen molar-refractivity contribution >= 4 is 22.9 Å². The van der Waals surface area contributed by atoms with Crippen molar-refractivity contribution in [1.29, 1.82) is 0 Å². The zero-order valence-electron chi connectivity index (χ0n) is 17.7. The molecule has 0 aliphatic rings. The number of benzene rings is 2. The van der Waals surface area contributed by atoms with Crippen molar-refractivity contribution in [2.24, 2.45) is 0 Å². The van der Waals surface area contributed by atoms with Gasteiger partial charge in [-0.25, -0.2) is 9.97 Å². The van der Waals surface area contributed by atoms with Crippen LogP contribution in [0.5, 0.6) is 0 Å². The lowest BCUT2D eigenvalue weighted by Crippen LogP contribution is -2.12. The summed E-state index contributed by atoms with van der Waals surface area (Å²) in [6.07, 6.45) is 4.24. The molecular formula is C25H23N5O. The second kappa shape index (κ2) is 8.33. The molecule has 0 atom stereocenters. The number of nitrogens with zero attached hydrogens (tertiary/aromatic N) is 3. The predicted molar refractivity (Wildman–Crippen MR) is 123 cm³/mol. The molecule has 0 aliphatic heterocycles. The number of nitrogens with one attached hydrogen (secondary N) is 1. The molecular weight excluding hydrogens is 386 g/mol. The first-order chi connectivity index (χ1) is 15.0. The van der Waals surface area contributed by atoms with Gasteiger partial charge in [0.15, 0.2) is 5.82 Å². The number of carbonyl (C=O) groups excluding carboxylic acids is 1. The van der Waals surface area contributed by atoms with Gasteiger partial charge in [0.25, 0.3) is 5.91 Å². The molecule has 6 nitrogen and oxygen atoms in total. The SMILES string of the molecule is CCc1nc(C#Cc2cc(C(=O)Nc3cccc(C)c3)ccc2C)c2c(N)nccn12. The highest BCUT2D eigenvalue weighted by molar-refractivity contribution is 6.04. The lowest BCUT2D eigenvalue weighted by atomic mass is 10.0. The topological polar surface area (TPSA) is 85.3 Å². The minimum absolute atomic E-state index is 0.178. The molecule has 4 rings (SSSR count). The van der Waals surface area contributed by atoms with Crippen molar-refractivity contribution in [3.63, 3.8) is 0 Å². The number of rotatable bonds is 3. The van der Waals surface area contributed by atoms with E-state index in [0.717, 1.165) is 34.6 Å². The summed E-state index contributed by atoms with van der Waals surface area (Å²) in [5.41, 5.74) is 11.5. The molecule has 31 heavy (non-hydrogen) atoms. The molecule has 0 unspecified atom stereocenters. The first kappa shape index (κ1) is 20.2. The Kier molecular flexibility index (Phi) is 5.42. The Hall–Kier alpha value is -4.11. The van der Waals surface area contributed by atoms with Crippen LogP contribution < -0.4 is 11.1 Å². The highest BCUT2D eigenvalue weighted by Gasteiger charge is 2.12. The van der Waals surface area contributed by atoms with Gasteiger partial charge >= 0.3 is 0 Å². The van der Waals surface area contributed by atoms with Gasteiger partial charge in [-0.15, -0.1) is 0 Å². The van der Waals surface area contributed by atoms with Crippen LogP contribution in [0.4, 0.5) is 11.5 Å². The summed E-state index contributed by atoms with van der Waals surface area (Å²) < 4.78 is 1.92. The van der Waals surface area contributed by atoms with Crippen molar-refractivity contribution in [2.45, 2.75) is 27.2 Å². The third kappa shape index (κ3) is 4.12. The third-order valence-electron chi connectivity index (χ3n) is 5.06. The highest BCUT2D eigenvalue weighted by atomic mass is 16.1. The summed E-state index contributed by atoms with van der Waals surface area (Å²) >= 11 is 0. The summed E-state index contributed by atoms with van der Waals surface area (Å²) in [4.78, 5) is 21.5. The molecule has 0 radical (unpaired) electrons. The Morgan fingerprint density at radius 3 is 2.77 bits per heavy atom. The van der Waals surface area contributed by atoms with E-state index in [1.54, 1.807) is 18.3 Å². The first-order valence-corrected chi connectivity index (χ1v) is 10.1. The zero-order valence-corrected chi connectivity index (χ0v) is 17.7. The number of amides is 1. The zero-order chi connectivity index (χ0) is 22.0. The van der Waals surface area contributed by atoms with Crippen LogP contribution in [0.2, 0.25) is 0 Å². The molecule has 4 aromatic rings. The summed E-state index contributed by atoms with van der Waals surface area (Å²) in [6, 6.07) is 13.2. The van der Waals surface area contributed by atoms with Gasteiger partial charge < -0.3 is 11.1 Å². The maximum atomic E-state index is 12.7. The minimum Gasteiger partial charge on any atom is -0.382 e. The van der Waals surface area contributed by atoms with Crippen LogP contribution in [0.15, 0.2) is 54.9 Å². The Labute approximate surface area is 181 Å². The second-order valence-electron chi connectivity index (χ2n) is 7.36. The van der Waals surface area contributed by atoms with Gasteiger partial charge in [0.2, 0.25) is 0 Å². The Morgan fingerprint density at radius 2 is 2.00 bits per heavy atom. The van der Waals surface area contributed by atoms with Crippen LogP contribution in [0.1, 0.15) is 45.5 Å². The molecule has 0 aliphatic carbocycles. The van der Waals surface area contributed by atoms with Gasteiger partial charge in [-0.1, -0.05) is 31.0 Å². The van der Waals surface area contributed by atoms with Gasteiger partial charge in [0.05, 0.1) is 0 Å². The van der Waals surface area contributed by atoms with Gasteiger partial charge in [-0.05, 0) is 55.2 Å². The number of hydrogen-bond acceptors (Lipinski definition) is 4. The molecule has 2 aromatic heterocycles. The van der Waals surface area contributed by atoms with Crippen molar-refractivity contribution in [3.8, 4) is 11.8 Å². The molecule has 0 bridgehead atoms. The molecule has 3 N–H and O–H groups in total. The monoisotopic (exact) mass is 409 g/mol. The maximum Gasteiger partial charge on any atom is 0.255 e. The normalized spacial score (nSPS) is 10.5. The number of aromatic nitrogens is 3. The number of anilines is 2. The second-order valence-corrected chi connectivity index (χ2v) is 7.36. The average molecular weight is 409 g/mol. The van der Waals surface area contributed by atoms with Gasteiger partial charge in [0.1, 0.15) is 17.0 Å². The number of fused-ring (bicyclic) bond motifs is 1. The standard InChI is InChI=1S/C25H23N5O/c1-4-22-29-21(23-24(26)27-12-13-30(22)23)11-10-18-15-19(9-8-17(18)3)25(31)28-20-7-5-6-16(2)14-20/h5-9,12-15H,4H2,1-3H3,(H2,26,27)(H,28,31). The third-order valence-corrected chi connectivity index (χ3v) is 5.06. The molecule has 0 spiro atoms. The van der Waals surface area contributed by atoms with E-state index in [2.05, 4.69) is 27.1 Å². The molecule has 0 saturated carbocycles. The number of carbonyl (C=O) groups is 1. The number of aryl methyl sites for hydroxylation is 3. The fourth-order valence-corrected chi connectivity index (χ4v) is 3.41. The van der Waals surface area contributed by atoms with Crippen molar-refractivity contribution in [1.82, 2.24) is 14.4 Å². The molecule has 0 fully saturated rings. The average Bonchev–Trinajstić information content (AvgIpc) is 3.12. The predicted octanol–water partition coefficient (Wildman–Crippen LogP) is 4.14. The summed E-state index contributed by atoms with van der Waals surface area (Å²) in [7, 11) is 0. The minimum atomic E-state index is -0.178. The smallest absolute Gasteiger partial charge is 0.255 e. The van der Waals surface area contributed by atoms with Crippen molar-refractivity contribution in [2.75, 3.05) is 11.1 Å². The number of nitrogen functional groups attached to an aromatic ring is 1. The van der Waals surface area contributed by atoms with Crippen LogP contribution in [-0.2, 0) is 6.42 Å². The van der Waals surface area contributed by atoms with Crippen LogP contribution in [0.25, 0.3) is 5.52 Å². The summed E-state index contributed by atoms with van der Waals surface area (Å²) in [5, 5.41) is 2.93.